The first kappa shape index (κ1) is 15.6. The van der Waals surface area contributed by atoms with E-state index in [-0.39, 0.29) is 0 Å². The van der Waals surface area contributed by atoms with Crippen molar-refractivity contribution >= 4 is 13.6 Å². The summed E-state index contributed by atoms with van der Waals surface area (Å²) in [6.45, 7) is 9.62. The third-order valence-electron chi connectivity index (χ3n) is 4.00. The first-order valence-electron chi connectivity index (χ1n) is 7.09. The van der Waals surface area contributed by atoms with Crippen LogP contribution in [0.2, 0.25) is 20.8 Å². The van der Waals surface area contributed by atoms with Gasteiger partial charge in [-0.05, 0) is 0 Å². The molecule has 0 saturated carbocycles. The Kier molecular flexibility index (Phi) is 10.1. The minimum absolute atomic E-state index is 1.13. The molecule has 0 bridgehead atoms. The summed E-state index contributed by atoms with van der Waals surface area (Å²) < 4.78 is 0. The van der Waals surface area contributed by atoms with Gasteiger partial charge in [0.25, 0.3) is 0 Å². The number of rotatable bonds is 10. The molecule has 0 aliphatic heterocycles. The van der Waals surface area contributed by atoms with Crippen molar-refractivity contribution in [3.05, 3.63) is 0 Å². The molecule has 0 aliphatic rings. The van der Waals surface area contributed by atoms with Gasteiger partial charge in [-0.1, -0.05) is 0 Å². The van der Waals surface area contributed by atoms with Crippen LogP contribution in [0, 0.1) is 0 Å². The van der Waals surface area contributed by atoms with Gasteiger partial charge in [0.15, 0.2) is 0 Å². The van der Waals surface area contributed by atoms with E-state index in [1.165, 1.54) is 38.5 Å². The molecule has 1 heteroatoms. The predicted octanol–water partition coefficient (Wildman–Crippen LogP) is 5.86. The monoisotopic (exact) mass is 275 g/mol. The molecule has 15 heavy (non-hydrogen) atoms. The van der Waals surface area contributed by atoms with Crippen LogP contribution < -0.4 is 0 Å². The average molecular weight is 275 g/mol. The molecular weight excluding hydrogens is 243 g/mol. The third kappa shape index (κ3) is 6.67. The zero-order chi connectivity index (χ0) is 11.6. The van der Waals surface area contributed by atoms with Crippen molar-refractivity contribution < 1.29 is 0 Å². The number of hydrogen-bond donors (Lipinski definition) is 0. The Morgan fingerprint density at radius 3 is 1.53 bits per heavy atom. The molecule has 0 amide bonds. The van der Waals surface area contributed by atoms with Gasteiger partial charge in [0, 0.05) is 0 Å². The summed E-state index contributed by atoms with van der Waals surface area (Å²) in [5.41, 5.74) is 0. The molecule has 0 atom stereocenters. The second-order valence-corrected chi connectivity index (χ2v) is 15.3. The first-order chi connectivity index (χ1) is 7.24. The van der Waals surface area contributed by atoms with E-state index in [4.69, 9.17) is 0 Å². The van der Waals surface area contributed by atoms with Gasteiger partial charge >= 0.3 is 101 Å². The molecule has 92 valence electrons. The minimum atomic E-state index is -1.13. The fourth-order valence-corrected chi connectivity index (χ4v) is 9.05. The van der Waals surface area contributed by atoms with Gasteiger partial charge in [-0.2, -0.15) is 0 Å². The topological polar surface area (TPSA) is 0 Å². The van der Waals surface area contributed by atoms with E-state index in [0.717, 1.165) is 0 Å². The molecule has 0 aromatic rings. The van der Waals surface area contributed by atoms with Gasteiger partial charge in [-0.25, -0.2) is 0 Å². The summed E-state index contributed by atoms with van der Waals surface area (Å²) in [7, 11) is 0. The normalized spacial score (nSPS) is 12.0. The maximum atomic E-state index is 2.44. The fraction of sp³-hybridized carbons (Fsp3) is 1.00. The molecule has 0 aliphatic carbocycles. The molecule has 0 saturated heterocycles. The van der Waals surface area contributed by atoms with E-state index in [2.05, 4.69) is 27.7 Å². The average Bonchev–Trinajstić information content (AvgIpc) is 2.29. The summed E-state index contributed by atoms with van der Waals surface area (Å²) in [6, 6.07) is 0. The van der Waals surface area contributed by atoms with E-state index < -0.39 is 13.6 Å². The van der Waals surface area contributed by atoms with Gasteiger partial charge in [0.2, 0.25) is 0 Å². The molecule has 0 unspecified atom stereocenters. The number of unbranched alkanes of at least 4 members (excludes halogenated alkanes) is 5. The fourth-order valence-electron chi connectivity index (χ4n) is 2.37. The van der Waals surface area contributed by atoms with Gasteiger partial charge in [-0.3, -0.25) is 0 Å². The van der Waals surface area contributed by atoms with Crippen molar-refractivity contribution in [3.8, 4) is 0 Å². The van der Waals surface area contributed by atoms with E-state index in [1.54, 1.807) is 20.8 Å². The molecule has 0 radical (unpaired) electrons. The quantitative estimate of drug-likeness (QED) is 0.346. The van der Waals surface area contributed by atoms with Crippen LogP contribution in [0.3, 0.4) is 0 Å². The Labute approximate surface area is 101 Å². The van der Waals surface area contributed by atoms with E-state index in [0.29, 0.717) is 0 Å². The van der Waals surface area contributed by atoms with Crippen molar-refractivity contribution in [2.24, 2.45) is 0 Å². The van der Waals surface area contributed by atoms with Gasteiger partial charge in [0.1, 0.15) is 0 Å². The summed E-state index contributed by atoms with van der Waals surface area (Å²) in [5, 5.41) is 6.26. The van der Waals surface area contributed by atoms with E-state index in [9.17, 15) is 0 Å². The third-order valence-corrected chi connectivity index (χ3v) is 15.1. The van der Waals surface area contributed by atoms with Crippen LogP contribution in [0.1, 0.15) is 66.2 Å². The molecule has 0 N–H and O–H groups in total. The molecule has 0 spiro atoms. The second kappa shape index (κ2) is 9.76. The SMILES string of the molecule is CCCCCCCC[As+](CC)(CC)CC. The van der Waals surface area contributed by atoms with Crippen LogP contribution in [0.5, 0.6) is 0 Å². The molecule has 0 fully saturated rings. The van der Waals surface area contributed by atoms with Gasteiger partial charge in [-0.15, -0.1) is 0 Å². The van der Waals surface area contributed by atoms with Crippen LogP contribution >= 0.6 is 0 Å². The Balaban J connectivity index is 3.54. The van der Waals surface area contributed by atoms with Gasteiger partial charge < -0.3 is 0 Å². The number of hydrogen-bond acceptors (Lipinski definition) is 0. The summed E-state index contributed by atoms with van der Waals surface area (Å²) in [4.78, 5) is 0. The maximum absolute atomic E-state index is 2.44. The standard InChI is InChI=1S/C14H32As/c1-5-9-10-11-12-13-14-15(6-2,7-3)8-4/h5-14H2,1-4H3/q+1. The Morgan fingerprint density at radius 1 is 0.600 bits per heavy atom. The Hall–Kier alpha value is 0.558. The Bertz CT molecular complexity index is 119. The molecule has 0 aromatic carbocycles. The first-order valence-corrected chi connectivity index (χ1v) is 12.4. The van der Waals surface area contributed by atoms with Crippen LogP contribution in [0.25, 0.3) is 0 Å². The predicted molar refractivity (Wildman–Crippen MR) is 75.4 cm³/mol. The van der Waals surface area contributed by atoms with Crippen LogP contribution in [-0.2, 0) is 0 Å². The molecule has 0 heterocycles. The van der Waals surface area contributed by atoms with Crippen molar-refractivity contribution in [1.82, 2.24) is 0 Å². The summed E-state index contributed by atoms with van der Waals surface area (Å²) in [6.07, 6.45) is 8.81. The molecule has 0 rings (SSSR count). The van der Waals surface area contributed by atoms with Crippen molar-refractivity contribution in [1.29, 1.82) is 0 Å². The van der Waals surface area contributed by atoms with Crippen LogP contribution in [0.15, 0.2) is 0 Å². The van der Waals surface area contributed by atoms with Crippen molar-refractivity contribution in [3.63, 3.8) is 0 Å². The molecule has 0 nitrogen and oxygen atoms in total. The second-order valence-electron chi connectivity index (χ2n) is 4.78. The van der Waals surface area contributed by atoms with Crippen LogP contribution in [-0.4, -0.2) is 13.6 Å². The summed E-state index contributed by atoms with van der Waals surface area (Å²) >= 11 is -1.13. The molecular formula is C14H32As+. The zero-order valence-electron chi connectivity index (χ0n) is 11.5. The van der Waals surface area contributed by atoms with E-state index in [1.807, 2.05) is 0 Å². The van der Waals surface area contributed by atoms with Crippen molar-refractivity contribution in [2.75, 3.05) is 0 Å². The summed E-state index contributed by atoms with van der Waals surface area (Å²) in [5.74, 6) is 0. The zero-order valence-corrected chi connectivity index (χ0v) is 13.4. The Morgan fingerprint density at radius 2 is 1.07 bits per heavy atom. The van der Waals surface area contributed by atoms with Crippen molar-refractivity contribution in [2.45, 2.75) is 87.1 Å². The van der Waals surface area contributed by atoms with Gasteiger partial charge in [0.05, 0.1) is 0 Å². The van der Waals surface area contributed by atoms with Crippen LogP contribution in [0.4, 0.5) is 0 Å². The molecule has 0 aromatic heterocycles. The van der Waals surface area contributed by atoms with E-state index >= 15 is 0 Å².